The normalized spacial score (nSPS) is 23.2. The molecule has 1 aliphatic carbocycles. The number of alkyl halides is 3. The average Bonchev–Trinajstić information content (AvgIpc) is 2.85. The van der Waals surface area contributed by atoms with Crippen LogP contribution in [0.3, 0.4) is 0 Å². The van der Waals surface area contributed by atoms with Crippen LogP contribution in [0.1, 0.15) is 19.3 Å². The van der Waals surface area contributed by atoms with E-state index in [1.54, 1.807) is 11.8 Å². The molecule has 1 aromatic carbocycles. The zero-order valence-electron chi connectivity index (χ0n) is 11.4. The molecule has 0 amide bonds. The molecule has 3 nitrogen and oxygen atoms in total. The lowest BCUT2D eigenvalue weighted by molar-refractivity contribution is -0.0435. The summed E-state index contributed by atoms with van der Waals surface area (Å²) in [7, 11) is -5.34. The van der Waals surface area contributed by atoms with Crippen LogP contribution in [-0.4, -0.2) is 31.5 Å². The van der Waals surface area contributed by atoms with Crippen molar-refractivity contribution in [1.82, 2.24) is 0 Å². The van der Waals surface area contributed by atoms with Gasteiger partial charge in [0.1, 0.15) is 0 Å². The fourth-order valence-corrected chi connectivity index (χ4v) is 4.17. The van der Waals surface area contributed by atoms with Gasteiger partial charge in [0.2, 0.25) is 0 Å². The lowest BCUT2D eigenvalue weighted by Crippen LogP contribution is -2.25. The Morgan fingerprint density at radius 2 is 1.90 bits per heavy atom. The van der Waals surface area contributed by atoms with Crippen LogP contribution in [0.5, 0.6) is 0 Å². The summed E-state index contributed by atoms with van der Waals surface area (Å²) in [6.45, 7) is 0. The number of hydrogen-bond donors (Lipinski definition) is 1. The second kappa shape index (κ2) is 6.08. The van der Waals surface area contributed by atoms with E-state index < -0.39 is 20.2 Å². The van der Waals surface area contributed by atoms with Gasteiger partial charge in [-0.2, -0.15) is 24.9 Å². The van der Waals surface area contributed by atoms with Gasteiger partial charge in [-0.1, -0.05) is 12.1 Å². The summed E-state index contributed by atoms with van der Waals surface area (Å²) in [6.07, 6.45) is 4.62. The zero-order chi connectivity index (χ0) is 15.7. The van der Waals surface area contributed by atoms with Gasteiger partial charge in [-0.05, 0) is 37.7 Å². The van der Waals surface area contributed by atoms with E-state index >= 15 is 0 Å². The molecular formula is C13H16F3NO2S2. The van der Waals surface area contributed by atoms with Crippen molar-refractivity contribution >= 4 is 27.3 Å². The SMILES string of the molecule is CSC1CCC(Nc2ccccc2S(=O)(=O)C(F)(F)F)C1. The molecule has 0 spiro atoms. The zero-order valence-corrected chi connectivity index (χ0v) is 13.0. The number of thioether (sulfide) groups is 1. The van der Waals surface area contributed by atoms with E-state index in [1.165, 1.54) is 18.2 Å². The number of sulfone groups is 1. The largest absolute Gasteiger partial charge is 0.501 e. The Hall–Kier alpha value is -0.890. The molecule has 2 unspecified atom stereocenters. The van der Waals surface area contributed by atoms with Gasteiger partial charge < -0.3 is 5.32 Å². The summed E-state index contributed by atoms with van der Waals surface area (Å²) in [6, 6.07) is 5.20. The van der Waals surface area contributed by atoms with Crippen LogP contribution in [0.4, 0.5) is 18.9 Å². The van der Waals surface area contributed by atoms with Gasteiger partial charge in [0.15, 0.2) is 0 Å². The number of rotatable bonds is 4. The molecule has 8 heteroatoms. The molecule has 21 heavy (non-hydrogen) atoms. The predicted octanol–water partition coefficient (Wildman–Crippen LogP) is 3.68. The van der Waals surface area contributed by atoms with E-state index in [9.17, 15) is 21.6 Å². The van der Waals surface area contributed by atoms with Crippen LogP contribution in [0.15, 0.2) is 29.2 Å². The quantitative estimate of drug-likeness (QED) is 0.909. The smallest absolute Gasteiger partial charge is 0.381 e. The van der Waals surface area contributed by atoms with E-state index in [1.807, 2.05) is 6.26 Å². The van der Waals surface area contributed by atoms with Gasteiger partial charge in [0.05, 0.1) is 10.6 Å². The Morgan fingerprint density at radius 1 is 1.24 bits per heavy atom. The molecule has 1 fully saturated rings. The van der Waals surface area contributed by atoms with Crippen molar-refractivity contribution < 1.29 is 21.6 Å². The molecule has 2 rings (SSSR count). The first-order chi connectivity index (χ1) is 9.75. The first-order valence-corrected chi connectivity index (χ1v) is 9.22. The molecule has 1 saturated carbocycles. The van der Waals surface area contributed by atoms with Crippen LogP contribution >= 0.6 is 11.8 Å². The molecule has 118 valence electrons. The maximum atomic E-state index is 12.7. The van der Waals surface area contributed by atoms with Crippen molar-refractivity contribution in [3.8, 4) is 0 Å². The third-order valence-electron chi connectivity index (χ3n) is 3.56. The van der Waals surface area contributed by atoms with Crippen molar-refractivity contribution in [3.63, 3.8) is 0 Å². The summed E-state index contributed by atoms with van der Waals surface area (Å²) in [4.78, 5) is -0.704. The van der Waals surface area contributed by atoms with E-state index in [4.69, 9.17) is 0 Å². The molecule has 0 saturated heterocycles. The highest BCUT2D eigenvalue weighted by atomic mass is 32.2. The van der Waals surface area contributed by atoms with Crippen LogP contribution < -0.4 is 5.32 Å². The third kappa shape index (κ3) is 3.48. The minimum atomic E-state index is -5.34. The lowest BCUT2D eigenvalue weighted by Gasteiger charge is -2.18. The topological polar surface area (TPSA) is 46.2 Å². The highest BCUT2D eigenvalue weighted by molar-refractivity contribution is 7.99. The van der Waals surface area contributed by atoms with E-state index in [0.717, 1.165) is 25.3 Å². The van der Waals surface area contributed by atoms with E-state index in [-0.39, 0.29) is 11.7 Å². The number of anilines is 1. The first-order valence-electron chi connectivity index (χ1n) is 6.45. The van der Waals surface area contributed by atoms with Gasteiger partial charge >= 0.3 is 5.51 Å². The molecule has 2 atom stereocenters. The summed E-state index contributed by atoms with van der Waals surface area (Å²) < 4.78 is 61.3. The van der Waals surface area contributed by atoms with Gasteiger partial charge in [0, 0.05) is 11.3 Å². The average molecular weight is 339 g/mol. The van der Waals surface area contributed by atoms with Crippen molar-refractivity contribution in [2.45, 2.75) is 41.0 Å². The summed E-state index contributed by atoms with van der Waals surface area (Å²) >= 11 is 1.72. The lowest BCUT2D eigenvalue weighted by atomic mass is 10.2. The third-order valence-corrected chi connectivity index (χ3v) is 6.20. The second-order valence-corrected chi connectivity index (χ2v) is 8.01. The van der Waals surface area contributed by atoms with Gasteiger partial charge in [-0.25, -0.2) is 8.42 Å². The Morgan fingerprint density at radius 3 is 2.48 bits per heavy atom. The number of hydrogen-bond acceptors (Lipinski definition) is 4. The van der Waals surface area contributed by atoms with Crippen LogP contribution in [0, 0.1) is 0 Å². The highest BCUT2D eigenvalue weighted by Gasteiger charge is 2.48. The Labute approximate surface area is 126 Å². The van der Waals surface area contributed by atoms with Gasteiger partial charge in [-0.15, -0.1) is 0 Å². The number of para-hydroxylation sites is 1. The first kappa shape index (κ1) is 16.5. The van der Waals surface area contributed by atoms with Crippen molar-refractivity contribution in [3.05, 3.63) is 24.3 Å². The molecule has 1 N–H and O–H groups in total. The predicted molar refractivity (Wildman–Crippen MR) is 78.2 cm³/mol. The maximum absolute atomic E-state index is 12.7. The number of nitrogens with one attached hydrogen (secondary N) is 1. The van der Waals surface area contributed by atoms with Crippen molar-refractivity contribution in [2.24, 2.45) is 0 Å². The highest BCUT2D eigenvalue weighted by Crippen LogP contribution is 2.36. The van der Waals surface area contributed by atoms with Gasteiger partial charge in [0.25, 0.3) is 9.84 Å². The molecular weight excluding hydrogens is 323 g/mol. The molecule has 0 aliphatic heterocycles. The van der Waals surface area contributed by atoms with Crippen molar-refractivity contribution in [1.29, 1.82) is 0 Å². The molecule has 1 aromatic rings. The fraction of sp³-hybridized carbons (Fsp3) is 0.538. The Kier molecular flexibility index (Phi) is 4.77. The van der Waals surface area contributed by atoms with Crippen LogP contribution in [-0.2, 0) is 9.84 Å². The van der Waals surface area contributed by atoms with Crippen LogP contribution in [0.2, 0.25) is 0 Å². The number of halogens is 3. The molecule has 0 radical (unpaired) electrons. The maximum Gasteiger partial charge on any atom is 0.501 e. The Balaban J connectivity index is 2.27. The molecule has 0 bridgehead atoms. The minimum Gasteiger partial charge on any atom is -0.381 e. The summed E-state index contributed by atoms with van der Waals surface area (Å²) in [5.41, 5.74) is -5.26. The van der Waals surface area contributed by atoms with E-state index in [2.05, 4.69) is 5.32 Å². The minimum absolute atomic E-state index is 0.00651. The van der Waals surface area contributed by atoms with Gasteiger partial charge in [-0.3, -0.25) is 0 Å². The summed E-state index contributed by atoms with van der Waals surface area (Å²) in [5, 5.41) is 3.43. The second-order valence-electron chi connectivity index (χ2n) is 4.96. The fourth-order valence-electron chi connectivity index (χ4n) is 2.45. The molecule has 0 aromatic heterocycles. The number of benzene rings is 1. The Bertz CT molecular complexity index is 602. The van der Waals surface area contributed by atoms with Crippen molar-refractivity contribution in [2.75, 3.05) is 11.6 Å². The standard InChI is InChI=1S/C13H16F3NO2S2/c1-20-10-7-6-9(8-10)17-11-4-2-3-5-12(11)21(18,19)13(14,15)16/h2-5,9-10,17H,6-8H2,1H3. The van der Waals surface area contributed by atoms with E-state index in [0.29, 0.717) is 5.25 Å². The molecule has 0 heterocycles. The summed E-state index contributed by atoms with van der Waals surface area (Å²) in [5.74, 6) is 0. The van der Waals surface area contributed by atoms with Crippen LogP contribution in [0.25, 0.3) is 0 Å². The monoisotopic (exact) mass is 339 g/mol. The molecule has 1 aliphatic rings.